The van der Waals surface area contributed by atoms with E-state index in [1.807, 2.05) is 0 Å². The molecule has 1 aliphatic rings. The highest BCUT2D eigenvalue weighted by atomic mass is 35.5. The zero-order chi connectivity index (χ0) is 15.6. The van der Waals surface area contributed by atoms with Gasteiger partial charge >= 0.3 is 11.7 Å². The molecule has 0 aliphatic carbocycles. The quantitative estimate of drug-likeness (QED) is 0.564. The van der Waals surface area contributed by atoms with Gasteiger partial charge in [0.1, 0.15) is 24.3 Å². The number of esters is 1. The van der Waals surface area contributed by atoms with Crippen molar-refractivity contribution in [2.75, 3.05) is 6.61 Å². The molecule has 8 nitrogen and oxygen atoms in total. The number of aromatic nitrogens is 2. The number of alkyl halides is 1. The van der Waals surface area contributed by atoms with Gasteiger partial charge in [-0.1, -0.05) is 0 Å². The molecule has 0 amide bonds. The Kier molecular flexibility index (Phi) is 4.81. The van der Waals surface area contributed by atoms with Gasteiger partial charge in [-0.15, -0.1) is 11.6 Å². The van der Waals surface area contributed by atoms with Crippen molar-refractivity contribution in [2.45, 2.75) is 37.2 Å². The van der Waals surface area contributed by atoms with Crippen LogP contribution >= 0.6 is 11.6 Å². The highest BCUT2D eigenvalue weighted by Gasteiger charge is 2.36. The fourth-order valence-electron chi connectivity index (χ4n) is 1.97. The van der Waals surface area contributed by atoms with Crippen molar-refractivity contribution in [2.24, 2.45) is 0 Å². The Bertz CT molecular complexity index is 625. The van der Waals surface area contributed by atoms with E-state index in [1.165, 1.54) is 19.2 Å². The fourth-order valence-corrected chi connectivity index (χ4v) is 2.03. The zero-order valence-electron chi connectivity index (χ0n) is 11.2. The number of aromatic amines is 1. The first-order valence-corrected chi connectivity index (χ1v) is 6.78. The standard InChI is InChI=1S/C12H15ClN2O6/c1-6(13)11(18)20-5-8-7(16)4-10(21-8)15-3-2-9(17)14-12(15)19/h2-3,6-8,10,16H,4-5H2,1H3,(H,14,17,19)/t6?,7-,8+,10+/m0/s1. The monoisotopic (exact) mass is 318 g/mol. The molecule has 116 valence electrons. The molecule has 2 rings (SSSR count). The second-order valence-corrected chi connectivity index (χ2v) is 5.35. The first-order chi connectivity index (χ1) is 9.88. The largest absolute Gasteiger partial charge is 0.462 e. The number of halogens is 1. The smallest absolute Gasteiger partial charge is 0.330 e. The fraction of sp³-hybridized carbons (Fsp3) is 0.583. The van der Waals surface area contributed by atoms with Crippen molar-refractivity contribution in [1.29, 1.82) is 0 Å². The third-order valence-electron chi connectivity index (χ3n) is 3.08. The van der Waals surface area contributed by atoms with Crippen LogP contribution in [0.1, 0.15) is 19.6 Å². The van der Waals surface area contributed by atoms with Crippen molar-refractivity contribution < 1.29 is 19.4 Å². The van der Waals surface area contributed by atoms with Crippen LogP contribution in [-0.2, 0) is 14.3 Å². The van der Waals surface area contributed by atoms with Crippen LogP contribution in [0.3, 0.4) is 0 Å². The minimum atomic E-state index is -0.896. The lowest BCUT2D eigenvalue weighted by atomic mass is 10.2. The van der Waals surface area contributed by atoms with Crippen LogP contribution in [0.5, 0.6) is 0 Å². The third-order valence-corrected chi connectivity index (χ3v) is 3.26. The topological polar surface area (TPSA) is 111 Å². The molecule has 0 spiro atoms. The number of ether oxygens (including phenoxy) is 2. The van der Waals surface area contributed by atoms with Crippen LogP contribution in [0.4, 0.5) is 0 Å². The maximum atomic E-state index is 11.6. The van der Waals surface area contributed by atoms with E-state index in [0.29, 0.717) is 0 Å². The van der Waals surface area contributed by atoms with Gasteiger partial charge in [-0.05, 0) is 6.92 Å². The number of rotatable bonds is 4. The Morgan fingerprint density at radius 1 is 1.67 bits per heavy atom. The molecule has 0 bridgehead atoms. The summed E-state index contributed by atoms with van der Waals surface area (Å²) in [5, 5.41) is 9.09. The molecule has 1 saturated heterocycles. The third kappa shape index (κ3) is 3.72. The summed E-state index contributed by atoms with van der Waals surface area (Å²) in [5.41, 5.74) is -1.15. The molecule has 0 radical (unpaired) electrons. The Morgan fingerprint density at radius 3 is 3.00 bits per heavy atom. The number of aliphatic hydroxyl groups is 1. The average molecular weight is 319 g/mol. The van der Waals surface area contributed by atoms with Crippen molar-refractivity contribution >= 4 is 17.6 Å². The molecule has 1 aromatic heterocycles. The van der Waals surface area contributed by atoms with Crippen LogP contribution in [0, 0.1) is 0 Å². The van der Waals surface area contributed by atoms with E-state index in [1.54, 1.807) is 0 Å². The van der Waals surface area contributed by atoms with E-state index in [0.717, 1.165) is 4.57 Å². The normalized spacial score (nSPS) is 26.5. The number of carbonyl (C=O) groups is 1. The van der Waals surface area contributed by atoms with Gasteiger partial charge in [0.25, 0.3) is 5.56 Å². The number of aliphatic hydroxyl groups excluding tert-OH is 1. The highest BCUT2D eigenvalue weighted by Crippen LogP contribution is 2.27. The van der Waals surface area contributed by atoms with Gasteiger partial charge in [0, 0.05) is 18.7 Å². The minimum Gasteiger partial charge on any atom is -0.462 e. The summed E-state index contributed by atoms with van der Waals surface area (Å²) in [7, 11) is 0. The number of H-pyrrole nitrogens is 1. The summed E-state index contributed by atoms with van der Waals surface area (Å²) >= 11 is 5.55. The molecule has 9 heteroatoms. The summed E-state index contributed by atoms with van der Waals surface area (Å²) < 4.78 is 11.5. The predicted molar refractivity (Wildman–Crippen MR) is 72.1 cm³/mol. The van der Waals surface area contributed by atoms with Crippen molar-refractivity contribution in [1.82, 2.24) is 9.55 Å². The molecule has 2 N–H and O–H groups in total. The van der Waals surface area contributed by atoms with E-state index in [9.17, 15) is 19.5 Å². The second kappa shape index (κ2) is 6.42. The molecule has 1 aliphatic heterocycles. The maximum absolute atomic E-state index is 11.6. The van der Waals surface area contributed by atoms with Crippen molar-refractivity contribution in [3.05, 3.63) is 33.1 Å². The lowest BCUT2D eigenvalue weighted by molar-refractivity contribution is -0.149. The molecule has 1 fully saturated rings. The number of hydrogen-bond donors (Lipinski definition) is 2. The van der Waals surface area contributed by atoms with Gasteiger partial charge in [-0.25, -0.2) is 4.79 Å². The van der Waals surface area contributed by atoms with Gasteiger partial charge in [-0.2, -0.15) is 0 Å². The molecule has 0 saturated carbocycles. The molecular formula is C12H15ClN2O6. The molecule has 4 atom stereocenters. The molecule has 21 heavy (non-hydrogen) atoms. The lowest BCUT2D eigenvalue weighted by Crippen LogP contribution is -2.32. The first kappa shape index (κ1) is 15.7. The van der Waals surface area contributed by atoms with Crippen molar-refractivity contribution in [3.63, 3.8) is 0 Å². The Hall–Kier alpha value is -1.64. The van der Waals surface area contributed by atoms with Gasteiger partial charge in [0.2, 0.25) is 0 Å². The summed E-state index contributed by atoms with van der Waals surface area (Å²) in [6.07, 6.45) is -0.958. The zero-order valence-corrected chi connectivity index (χ0v) is 11.9. The first-order valence-electron chi connectivity index (χ1n) is 6.34. The van der Waals surface area contributed by atoms with Gasteiger partial charge in [0.05, 0.1) is 6.10 Å². The van der Waals surface area contributed by atoms with E-state index in [2.05, 4.69) is 4.98 Å². The number of nitrogens with zero attached hydrogens (tertiary/aromatic N) is 1. The molecular weight excluding hydrogens is 304 g/mol. The number of nitrogens with one attached hydrogen (secondary N) is 1. The van der Waals surface area contributed by atoms with Crippen LogP contribution in [-0.4, -0.2) is 44.8 Å². The van der Waals surface area contributed by atoms with Gasteiger partial charge in [-0.3, -0.25) is 19.1 Å². The summed E-state index contributed by atoms with van der Waals surface area (Å²) in [4.78, 5) is 36.0. The van der Waals surface area contributed by atoms with Crippen LogP contribution in [0.15, 0.2) is 21.9 Å². The van der Waals surface area contributed by atoms with E-state index in [-0.39, 0.29) is 13.0 Å². The predicted octanol–water partition coefficient (Wildman–Crippen LogP) is -0.645. The Balaban J connectivity index is 2.02. The van der Waals surface area contributed by atoms with Crippen LogP contribution in [0.25, 0.3) is 0 Å². The molecule has 1 aromatic rings. The lowest BCUT2D eigenvalue weighted by Gasteiger charge is -2.16. The molecule has 1 unspecified atom stereocenters. The number of hydrogen-bond acceptors (Lipinski definition) is 6. The van der Waals surface area contributed by atoms with E-state index in [4.69, 9.17) is 21.1 Å². The van der Waals surface area contributed by atoms with E-state index < -0.39 is 41.0 Å². The highest BCUT2D eigenvalue weighted by molar-refractivity contribution is 6.29. The summed E-state index contributed by atoms with van der Waals surface area (Å²) in [5.74, 6) is -0.614. The van der Waals surface area contributed by atoms with Crippen LogP contribution in [0.2, 0.25) is 0 Å². The van der Waals surface area contributed by atoms with E-state index >= 15 is 0 Å². The van der Waals surface area contributed by atoms with Crippen LogP contribution < -0.4 is 11.2 Å². The number of carbonyl (C=O) groups excluding carboxylic acids is 1. The SMILES string of the molecule is CC(Cl)C(=O)OC[C@H]1O[C@@H](n2ccc(=O)[nH]c2=O)C[C@@H]1O. The summed E-state index contributed by atoms with van der Waals surface area (Å²) in [6.45, 7) is 1.31. The average Bonchev–Trinajstić information content (AvgIpc) is 2.76. The second-order valence-electron chi connectivity index (χ2n) is 4.70. The van der Waals surface area contributed by atoms with Gasteiger partial charge in [0.15, 0.2) is 0 Å². The van der Waals surface area contributed by atoms with Gasteiger partial charge < -0.3 is 14.6 Å². The molecule has 0 aromatic carbocycles. The Morgan fingerprint density at radius 2 is 2.38 bits per heavy atom. The minimum absolute atomic E-state index is 0.143. The Labute approximate surface area is 124 Å². The maximum Gasteiger partial charge on any atom is 0.330 e. The molecule has 2 heterocycles. The summed E-state index contributed by atoms with van der Waals surface area (Å²) in [6, 6.07) is 1.18. The van der Waals surface area contributed by atoms with Crippen molar-refractivity contribution in [3.8, 4) is 0 Å².